The van der Waals surface area contributed by atoms with Gasteiger partial charge in [0.1, 0.15) is 16.0 Å². The Balaban J connectivity index is 2.00. The number of nitro benzene ring substituents is 1. The van der Waals surface area contributed by atoms with E-state index >= 15 is 0 Å². The van der Waals surface area contributed by atoms with E-state index in [2.05, 4.69) is 31.3 Å². The van der Waals surface area contributed by atoms with Crippen LogP contribution in [0.5, 0.6) is 0 Å². The van der Waals surface area contributed by atoms with Gasteiger partial charge in [0.2, 0.25) is 0 Å². The van der Waals surface area contributed by atoms with Gasteiger partial charge in [0.25, 0.3) is 11.6 Å². The van der Waals surface area contributed by atoms with Crippen LogP contribution < -0.4 is 5.32 Å². The molecule has 0 aliphatic carbocycles. The fourth-order valence-electron chi connectivity index (χ4n) is 2.16. The molecule has 11 heteroatoms. The number of anilines is 1. The lowest BCUT2D eigenvalue weighted by molar-refractivity contribution is -0.383. The number of amides is 1. The quantitative estimate of drug-likeness (QED) is 0.459. The van der Waals surface area contributed by atoms with Crippen LogP contribution in [0, 0.1) is 10.1 Å². The lowest BCUT2D eigenvalue weighted by Crippen LogP contribution is -2.18. The van der Waals surface area contributed by atoms with Gasteiger partial charge >= 0.3 is 0 Å². The number of carbonyl (C=O) groups is 1. The number of benzene rings is 1. The van der Waals surface area contributed by atoms with Gasteiger partial charge in [-0.25, -0.2) is 9.67 Å². The molecule has 0 bridgehead atoms. The molecule has 0 radical (unpaired) electrons. The molecule has 0 saturated heterocycles. The molecule has 2 aromatic heterocycles. The van der Waals surface area contributed by atoms with Crippen LogP contribution in [0.2, 0.25) is 10.0 Å². The molecule has 0 aliphatic rings. The van der Waals surface area contributed by atoms with Gasteiger partial charge in [-0.1, -0.05) is 23.2 Å². The molecular weight excluding hydrogens is 449 g/mol. The van der Waals surface area contributed by atoms with Crippen LogP contribution in [0.15, 0.2) is 47.2 Å². The van der Waals surface area contributed by atoms with Gasteiger partial charge in [0.15, 0.2) is 5.82 Å². The molecule has 2 heterocycles. The third-order valence-corrected chi connectivity index (χ3v) is 4.17. The molecule has 132 valence electrons. The van der Waals surface area contributed by atoms with Gasteiger partial charge in [-0.15, -0.1) is 0 Å². The summed E-state index contributed by atoms with van der Waals surface area (Å²) >= 11 is 15.1. The van der Waals surface area contributed by atoms with E-state index in [-0.39, 0.29) is 32.9 Å². The topological polar surface area (TPSA) is 103 Å². The maximum atomic E-state index is 12.7. The molecule has 0 saturated carbocycles. The van der Waals surface area contributed by atoms with Crippen LogP contribution in [-0.2, 0) is 0 Å². The van der Waals surface area contributed by atoms with Gasteiger partial charge in [-0.05, 0) is 40.2 Å². The summed E-state index contributed by atoms with van der Waals surface area (Å²) in [5.41, 5.74) is -0.242. The summed E-state index contributed by atoms with van der Waals surface area (Å²) in [6, 6.07) is 8.63. The summed E-state index contributed by atoms with van der Waals surface area (Å²) in [6.07, 6.45) is 1.50. The van der Waals surface area contributed by atoms with Crippen LogP contribution >= 0.6 is 39.1 Å². The van der Waals surface area contributed by atoms with Crippen LogP contribution in [0.4, 0.5) is 11.4 Å². The van der Waals surface area contributed by atoms with E-state index < -0.39 is 10.8 Å². The molecule has 1 aromatic carbocycles. The minimum atomic E-state index is -0.635. The molecule has 0 atom stereocenters. The van der Waals surface area contributed by atoms with E-state index in [1.807, 2.05) is 0 Å². The lowest BCUT2D eigenvalue weighted by Gasteiger charge is -2.09. The molecule has 0 fully saturated rings. The number of nitrogens with one attached hydrogen (secondary N) is 1. The monoisotopic (exact) mass is 455 g/mol. The highest BCUT2D eigenvalue weighted by atomic mass is 79.9. The number of pyridine rings is 1. The van der Waals surface area contributed by atoms with E-state index in [1.165, 1.54) is 29.1 Å². The Morgan fingerprint density at radius 2 is 2.04 bits per heavy atom. The van der Waals surface area contributed by atoms with Crippen molar-refractivity contribution in [3.8, 4) is 5.82 Å². The van der Waals surface area contributed by atoms with Gasteiger partial charge in [-0.3, -0.25) is 14.9 Å². The Labute approximate surface area is 165 Å². The molecule has 3 rings (SSSR count). The summed E-state index contributed by atoms with van der Waals surface area (Å²) in [7, 11) is 0. The average Bonchev–Trinajstić information content (AvgIpc) is 2.98. The molecule has 1 N–H and O–H groups in total. The maximum Gasteiger partial charge on any atom is 0.294 e. The number of hydrogen-bond acceptors (Lipinski definition) is 5. The Morgan fingerprint density at radius 3 is 2.73 bits per heavy atom. The minimum absolute atomic E-state index is 0.000361. The second-order valence-electron chi connectivity index (χ2n) is 4.95. The fourth-order valence-corrected chi connectivity index (χ4v) is 2.90. The highest BCUT2D eigenvalue weighted by molar-refractivity contribution is 9.10. The number of aromatic nitrogens is 3. The Bertz CT molecular complexity index is 1020. The van der Waals surface area contributed by atoms with Gasteiger partial charge in [0.05, 0.1) is 9.95 Å². The zero-order valence-corrected chi connectivity index (χ0v) is 15.8. The van der Waals surface area contributed by atoms with Crippen molar-refractivity contribution in [1.82, 2.24) is 14.8 Å². The van der Waals surface area contributed by atoms with E-state index in [1.54, 1.807) is 12.1 Å². The van der Waals surface area contributed by atoms with Crippen LogP contribution in [0.25, 0.3) is 5.82 Å². The third-order valence-electron chi connectivity index (χ3n) is 3.26. The number of nitrogens with zero attached hydrogens (tertiary/aromatic N) is 4. The molecule has 8 nitrogen and oxygen atoms in total. The van der Waals surface area contributed by atoms with E-state index in [0.29, 0.717) is 4.60 Å². The van der Waals surface area contributed by atoms with Crippen molar-refractivity contribution in [2.24, 2.45) is 0 Å². The number of nitro groups is 1. The summed E-state index contributed by atoms with van der Waals surface area (Å²) in [5.74, 6) is -0.383. The Kier molecular flexibility index (Phi) is 5.21. The highest BCUT2D eigenvalue weighted by Gasteiger charge is 2.22. The molecule has 0 spiro atoms. The second kappa shape index (κ2) is 7.40. The highest BCUT2D eigenvalue weighted by Crippen LogP contribution is 2.29. The van der Waals surface area contributed by atoms with Gasteiger partial charge < -0.3 is 5.32 Å². The van der Waals surface area contributed by atoms with E-state index in [9.17, 15) is 14.9 Å². The van der Waals surface area contributed by atoms with Crippen molar-refractivity contribution >= 4 is 56.4 Å². The third kappa shape index (κ3) is 3.69. The fraction of sp³-hybridized carbons (Fsp3) is 0. The summed E-state index contributed by atoms with van der Waals surface area (Å²) in [5, 5.41) is 18.3. The van der Waals surface area contributed by atoms with Crippen LogP contribution in [0.3, 0.4) is 0 Å². The number of hydrogen-bond donors (Lipinski definition) is 1. The molecule has 0 unspecified atom stereocenters. The normalized spacial score (nSPS) is 10.6. The van der Waals surface area contributed by atoms with Crippen molar-refractivity contribution in [1.29, 1.82) is 0 Å². The molecule has 3 aromatic rings. The largest absolute Gasteiger partial charge is 0.315 e. The first-order chi connectivity index (χ1) is 12.4. The van der Waals surface area contributed by atoms with Crippen molar-refractivity contribution in [2.45, 2.75) is 0 Å². The Hall–Kier alpha value is -2.49. The van der Waals surface area contributed by atoms with E-state index in [4.69, 9.17) is 23.2 Å². The predicted molar refractivity (Wildman–Crippen MR) is 100 cm³/mol. The first-order valence-electron chi connectivity index (χ1n) is 6.98. The standard InChI is InChI=1S/C15H8BrCl2N5O3/c16-13-7-12(22(21-13)14-9(18)2-1-5-19-14)15(24)20-10-4-3-8(17)6-11(10)23(25)26/h1-7H,(H,20,24). The molecule has 26 heavy (non-hydrogen) atoms. The van der Waals surface area contributed by atoms with Crippen molar-refractivity contribution < 1.29 is 9.72 Å². The van der Waals surface area contributed by atoms with Gasteiger partial charge in [0, 0.05) is 23.4 Å². The average molecular weight is 457 g/mol. The number of halogens is 3. The molecular formula is C15H8BrCl2N5O3. The smallest absolute Gasteiger partial charge is 0.294 e. The van der Waals surface area contributed by atoms with Crippen molar-refractivity contribution in [3.63, 3.8) is 0 Å². The molecule has 0 aliphatic heterocycles. The SMILES string of the molecule is O=C(Nc1ccc(Cl)cc1[N+](=O)[O-])c1cc(Br)nn1-c1ncccc1Cl. The minimum Gasteiger partial charge on any atom is -0.315 e. The summed E-state index contributed by atoms with van der Waals surface area (Å²) in [4.78, 5) is 27.3. The lowest BCUT2D eigenvalue weighted by atomic mass is 10.2. The zero-order chi connectivity index (χ0) is 18.8. The van der Waals surface area contributed by atoms with Crippen LogP contribution in [-0.4, -0.2) is 25.6 Å². The number of rotatable bonds is 4. The predicted octanol–water partition coefficient (Wildman–Crippen LogP) is 4.50. The van der Waals surface area contributed by atoms with Crippen LogP contribution in [0.1, 0.15) is 10.5 Å². The van der Waals surface area contributed by atoms with Crippen molar-refractivity contribution in [2.75, 3.05) is 5.32 Å². The zero-order valence-electron chi connectivity index (χ0n) is 12.7. The van der Waals surface area contributed by atoms with E-state index in [0.717, 1.165) is 6.07 Å². The molecule has 1 amide bonds. The van der Waals surface area contributed by atoms with Gasteiger partial charge in [-0.2, -0.15) is 5.10 Å². The first-order valence-corrected chi connectivity index (χ1v) is 8.53. The summed E-state index contributed by atoms with van der Waals surface area (Å²) < 4.78 is 1.61. The Morgan fingerprint density at radius 1 is 1.27 bits per heavy atom. The van der Waals surface area contributed by atoms with Crippen molar-refractivity contribution in [3.05, 3.63) is 73.1 Å². The first kappa shape index (κ1) is 18.3. The summed E-state index contributed by atoms with van der Waals surface area (Å²) in [6.45, 7) is 0. The number of carbonyl (C=O) groups excluding carboxylic acids is 1. The second-order valence-corrected chi connectivity index (χ2v) is 6.60. The maximum absolute atomic E-state index is 12.7.